The van der Waals surface area contributed by atoms with Crippen molar-refractivity contribution >= 4 is 27.6 Å². The number of aromatic carboxylic acids is 1. The number of carboxylic acids is 1. The van der Waals surface area contributed by atoms with Gasteiger partial charge in [-0.25, -0.2) is 4.79 Å². The predicted octanol–water partition coefficient (Wildman–Crippen LogP) is 4.99. The van der Waals surface area contributed by atoms with Crippen molar-refractivity contribution in [2.45, 2.75) is 18.4 Å². The molecule has 1 heterocycles. The quantitative estimate of drug-likeness (QED) is 0.669. The molecule has 0 saturated heterocycles. The van der Waals surface area contributed by atoms with Crippen LogP contribution in [0.25, 0.3) is 0 Å². The molecular formula is C21H20BrNO4. The number of ether oxygens (including phenoxy) is 2. The average Bonchev–Trinajstić information content (AvgIpc) is 3.16. The summed E-state index contributed by atoms with van der Waals surface area (Å²) in [6.45, 7) is 0. The number of carboxylic acid groups (broad SMARTS) is 1. The normalized spacial score (nSPS) is 22.6. The molecule has 6 heteroatoms. The fourth-order valence-corrected chi connectivity index (χ4v) is 4.77. The first kappa shape index (κ1) is 17.9. The Hall–Kier alpha value is -2.47. The third-order valence-corrected chi connectivity index (χ3v) is 5.89. The number of carbonyl (C=O) groups is 1. The van der Waals surface area contributed by atoms with Crippen molar-refractivity contribution in [3.05, 3.63) is 63.6 Å². The summed E-state index contributed by atoms with van der Waals surface area (Å²) in [4.78, 5) is 11.9. The Morgan fingerprint density at radius 2 is 2.04 bits per heavy atom. The Morgan fingerprint density at radius 1 is 1.22 bits per heavy atom. The Kier molecular flexibility index (Phi) is 4.60. The van der Waals surface area contributed by atoms with E-state index >= 15 is 0 Å². The summed E-state index contributed by atoms with van der Waals surface area (Å²) in [5.74, 6) is 0.823. The van der Waals surface area contributed by atoms with Gasteiger partial charge in [-0.1, -0.05) is 40.2 Å². The molecule has 140 valence electrons. The van der Waals surface area contributed by atoms with E-state index < -0.39 is 5.97 Å². The van der Waals surface area contributed by atoms with E-state index in [1.807, 2.05) is 24.3 Å². The zero-order chi connectivity index (χ0) is 19.1. The van der Waals surface area contributed by atoms with Crippen LogP contribution in [0, 0.1) is 5.92 Å². The minimum Gasteiger partial charge on any atom is -0.493 e. The van der Waals surface area contributed by atoms with Gasteiger partial charge in [0.2, 0.25) is 0 Å². The van der Waals surface area contributed by atoms with Crippen molar-refractivity contribution in [2.24, 2.45) is 5.92 Å². The van der Waals surface area contributed by atoms with Crippen LogP contribution in [0.4, 0.5) is 5.69 Å². The lowest BCUT2D eigenvalue weighted by atomic mass is 9.76. The highest BCUT2D eigenvalue weighted by Gasteiger charge is 2.41. The van der Waals surface area contributed by atoms with E-state index in [2.05, 4.69) is 33.4 Å². The molecule has 27 heavy (non-hydrogen) atoms. The van der Waals surface area contributed by atoms with E-state index in [1.54, 1.807) is 20.3 Å². The number of anilines is 1. The van der Waals surface area contributed by atoms with Crippen molar-refractivity contribution in [1.29, 1.82) is 0 Å². The third-order valence-electron chi connectivity index (χ3n) is 5.43. The maximum absolute atomic E-state index is 11.9. The Balaban J connectivity index is 1.89. The van der Waals surface area contributed by atoms with Gasteiger partial charge in [-0.15, -0.1) is 0 Å². The van der Waals surface area contributed by atoms with Crippen molar-refractivity contribution in [3.63, 3.8) is 0 Å². The number of fused-ring (bicyclic) bond motifs is 3. The molecule has 3 atom stereocenters. The van der Waals surface area contributed by atoms with Gasteiger partial charge in [-0.05, 0) is 36.1 Å². The molecule has 0 aromatic heterocycles. The highest BCUT2D eigenvalue weighted by atomic mass is 79.9. The van der Waals surface area contributed by atoms with E-state index in [0.29, 0.717) is 17.2 Å². The summed E-state index contributed by atoms with van der Waals surface area (Å²) in [7, 11) is 3.24. The van der Waals surface area contributed by atoms with Crippen LogP contribution in [0.1, 0.15) is 39.9 Å². The number of halogens is 1. The molecule has 0 fully saturated rings. The number of para-hydroxylation sites is 1. The largest absolute Gasteiger partial charge is 0.493 e. The predicted molar refractivity (Wildman–Crippen MR) is 107 cm³/mol. The minimum atomic E-state index is -0.947. The van der Waals surface area contributed by atoms with E-state index in [9.17, 15) is 9.90 Å². The minimum absolute atomic E-state index is 0.0816. The van der Waals surface area contributed by atoms with Gasteiger partial charge in [0.1, 0.15) is 0 Å². The van der Waals surface area contributed by atoms with Gasteiger partial charge in [0.05, 0.1) is 31.5 Å². The molecule has 2 aromatic rings. The first-order valence-electron chi connectivity index (χ1n) is 8.76. The second kappa shape index (κ2) is 6.93. The molecule has 0 saturated carbocycles. The van der Waals surface area contributed by atoms with Gasteiger partial charge in [0, 0.05) is 16.0 Å². The monoisotopic (exact) mass is 429 g/mol. The Bertz CT molecular complexity index is 940. The topological polar surface area (TPSA) is 67.8 Å². The number of methoxy groups -OCH3 is 2. The van der Waals surface area contributed by atoms with Crippen LogP contribution in [-0.4, -0.2) is 25.3 Å². The van der Waals surface area contributed by atoms with Crippen molar-refractivity contribution in [2.75, 3.05) is 19.5 Å². The summed E-state index contributed by atoms with van der Waals surface area (Å²) in [6.07, 6.45) is 5.27. The zero-order valence-electron chi connectivity index (χ0n) is 15.0. The number of hydrogen-bond acceptors (Lipinski definition) is 4. The summed E-state index contributed by atoms with van der Waals surface area (Å²) in [6, 6.07) is 9.39. The molecule has 0 unspecified atom stereocenters. The number of hydrogen-bond donors (Lipinski definition) is 2. The van der Waals surface area contributed by atoms with Crippen molar-refractivity contribution < 1.29 is 19.4 Å². The van der Waals surface area contributed by atoms with E-state index in [4.69, 9.17) is 9.47 Å². The highest BCUT2D eigenvalue weighted by molar-refractivity contribution is 9.10. The van der Waals surface area contributed by atoms with Crippen LogP contribution in [0.15, 0.2) is 47.0 Å². The summed E-state index contributed by atoms with van der Waals surface area (Å²) >= 11 is 3.46. The van der Waals surface area contributed by atoms with Crippen molar-refractivity contribution in [1.82, 2.24) is 0 Å². The van der Waals surface area contributed by atoms with Gasteiger partial charge in [-0.3, -0.25) is 0 Å². The fraction of sp³-hybridized carbons (Fsp3) is 0.286. The van der Waals surface area contributed by atoms with E-state index in [-0.39, 0.29) is 23.4 Å². The second-order valence-corrected chi connectivity index (χ2v) is 7.70. The highest BCUT2D eigenvalue weighted by Crippen LogP contribution is 2.53. The third kappa shape index (κ3) is 2.88. The number of rotatable bonds is 4. The van der Waals surface area contributed by atoms with E-state index in [0.717, 1.165) is 22.0 Å². The first-order chi connectivity index (χ1) is 13.0. The summed E-state index contributed by atoms with van der Waals surface area (Å²) < 4.78 is 11.9. The van der Waals surface area contributed by atoms with Gasteiger partial charge in [0.25, 0.3) is 0 Å². The summed E-state index contributed by atoms with van der Waals surface area (Å²) in [5, 5.41) is 13.2. The molecular weight excluding hydrogens is 410 g/mol. The fourth-order valence-electron chi connectivity index (χ4n) is 4.30. The molecule has 2 aromatic carbocycles. The number of nitrogens with one attached hydrogen (secondary N) is 1. The first-order valence-corrected chi connectivity index (χ1v) is 9.55. The van der Waals surface area contributed by atoms with Gasteiger partial charge >= 0.3 is 5.97 Å². The maximum Gasteiger partial charge on any atom is 0.337 e. The number of benzene rings is 2. The van der Waals surface area contributed by atoms with Crippen LogP contribution in [0.2, 0.25) is 0 Å². The maximum atomic E-state index is 11.9. The molecule has 1 aliphatic heterocycles. The molecule has 2 N–H and O–H groups in total. The van der Waals surface area contributed by atoms with Crippen LogP contribution >= 0.6 is 15.9 Å². The lowest BCUT2D eigenvalue weighted by molar-refractivity contribution is 0.0697. The Labute approximate surface area is 166 Å². The zero-order valence-corrected chi connectivity index (χ0v) is 16.6. The average molecular weight is 430 g/mol. The van der Waals surface area contributed by atoms with Crippen LogP contribution in [-0.2, 0) is 0 Å². The van der Waals surface area contributed by atoms with Crippen LogP contribution in [0.3, 0.4) is 0 Å². The smallest absolute Gasteiger partial charge is 0.337 e. The molecule has 0 spiro atoms. The SMILES string of the molecule is COc1cccc([C@@H]2Nc3c(C(=O)O)cc(Br)cc3[C@@H]3C=CC[C@H]32)c1OC. The molecule has 5 nitrogen and oxygen atoms in total. The van der Waals surface area contributed by atoms with Gasteiger partial charge in [-0.2, -0.15) is 0 Å². The molecule has 0 amide bonds. The van der Waals surface area contributed by atoms with Gasteiger partial charge in [0.15, 0.2) is 11.5 Å². The standard InChI is InChI=1S/C21H20BrNO4/c1-26-17-8-4-7-14(20(17)27-2)18-13-6-3-5-12(13)15-9-11(22)10-16(21(24)25)19(15)23-18/h3-5,7-10,12-13,18,23H,6H2,1-2H3,(H,24,25)/t12-,13-,18-/m1/s1. The summed E-state index contributed by atoms with van der Waals surface area (Å²) in [5.41, 5.74) is 2.93. The van der Waals surface area contributed by atoms with Gasteiger partial charge < -0.3 is 19.9 Å². The van der Waals surface area contributed by atoms with E-state index in [1.165, 1.54) is 0 Å². The molecule has 0 bridgehead atoms. The number of allylic oxidation sites excluding steroid dienone is 2. The molecule has 2 aliphatic rings. The lowest BCUT2D eigenvalue weighted by Gasteiger charge is -2.38. The van der Waals surface area contributed by atoms with Crippen LogP contribution < -0.4 is 14.8 Å². The molecule has 1 aliphatic carbocycles. The van der Waals surface area contributed by atoms with Crippen molar-refractivity contribution in [3.8, 4) is 11.5 Å². The lowest BCUT2D eigenvalue weighted by Crippen LogP contribution is -2.30. The molecule has 4 rings (SSSR count). The Morgan fingerprint density at radius 3 is 2.74 bits per heavy atom. The molecule has 0 radical (unpaired) electrons. The van der Waals surface area contributed by atoms with Crippen LogP contribution in [0.5, 0.6) is 11.5 Å². The second-order valence-electron chi connectivity index (χ2n) is 6.78.